The molecule has 104 valence electrons. The molecule has 3 nitrogen and oxygen atoms in total. The first-order valence-electron chi connectivity index (χ1n) is 6.36. The van der Waals surface area contributed by atoms with E-state index in [4.69, 9.17) is 5.11 Å². The molecule has 1 fully saturated rings. The van der Waals surface area contributed by atoms with Crippen LogP contribution in [0, 0.1) is 23.5 Å². The number of likely N-dealkylation sites (tertiary alicyclic amines) is 1. The Bertz CT molecular complexity index is 479. The monoisotopic (exact) mass is 269 g/mol. The van der Waals surface area contributed by atoms with Crippen LogP contribution in [-0.2, 0) is 11.3 Å². The van der Waals surface area contributed by atoms with Crippen LogP contribution in [0.15, 0.2) is 18.2 Å². The van der Waals surface area contributed by atoms with Crippen LogP contribution in [0.5, 0.6) is 0 Å². The van der Waals surface area contributed by atoms with E-state index >= 15 is 0 Å². The molecule has 0 aromatic heterocycles. The van der Waals surface area contributed by atoms with Crippen LogP contribution in [0.3, 0.4) is 0 Å². The second kappa shape index (κ2) is 5.65. The van der Waals surface area contributed by atoms with Gasteiger partial charge in [0.1, 0.15) is 11.6 Å². The number of halogens is 2. The first-order valence-corrected chi connectivity index (χ1v) is 6.36. The summed E-state index contributed by atoms with van der Waals surface area (Å²) in [7, 11) is 0. The molecule has 2 rings (SSSR count). The van der Waals surface area contributed by atoms with E-state index in [1.165, 1.54) is 6.07 Å². The summed E-state index contributed by atoms with van der Waals surface area (Å²) in [6, 6.07) is 3.42. The number of carboxylic acid groups (broad SMARTS) is 1. The number of rotatable bonds is 3. The van der Waals surface area contributed by atoms with Crippen molar-refractivity contribution in [2.45, 2.75) is 19.9 Å². The van der Waals surface area contributed by atoms with Crippen LogP contribution in [0.4, 0.5) is 8.78 Å². The Morgan fingerprint density at radius 2 is 2.21 bits per heavy atom. The van der Waals surface area contributed by atoms with E-state index in [1.807, 2.05) is 11.8 Å². The molecule has 19 heavy (non-hydrogen) atoms. The smallest absolute Gasteiger partial charge is 0.306 e. The molecule has 2 atom stereocenters. The van der Waals surface area contributed by atoms with Gasteiger partial charge >= 0.3 is 5.97 Å². The van der Waals surface area contributed by atoms with Crippen LogP contribution in [0.25, 0.3) is 0 Å². The molecule has 0 radical (unpaired) electrons. The highest BCUT2D eigenvalue weighted by Crippen LogP contribution is 2.25. The second-order valence-electron chi connectivity index (χ2n) is 5.18. The molecule has 1 heterocycles. The molecule has 1 saturated heterocycles. The lowest BCUT2D eigenvalue weighted by Gasteiger charge is -2.34. The third-order valence-electron chi connectivity index (χ3n) is 3.71. The zero-order chi connectivity index (χ0) is 14.0. The molecule has 0 aliphatic carbocycles. The number of hydrogen-bond acceptors (Lipinski definition) is 2. The van der Waals surface area contributed by atoms with E-state index < -0.39 is 17.6 Å². The first-order chi connectivity index (χ1) is 8.97. The molecule has 0 spiro atoms. The molecule has 1 aromatic rings. The van der Waals surface area contributed by atoms with Crippen molar-refractivity contribution in [1.82, 2.24) is 4.90 Å². The fraction of sp³-hybridized carbons (Fsp3) is 0.500. The predicted octanol–water partition coefficient (Wildman–Crippen LogP) is 2.51. The van der Waals surface area contributed by atoms with Crippen LogP contribution in [-0.4, -0.2) is 29.1 Å². The van der Waals surface area contributed by atoms with Crippen molar-refractivity contribution in [2.75, 3.05) is 13.1 Å². The average Bonchev–Trinajstić information content (AvgIpc) is 2.33. The number of piperidine rings is 1. The van der Waals surface area contributed by atoms with Gasteiger partial charge in [0.2, 0.25) is 0 Å². The minimum Gasteiger partial charge on any atom is -0.481 e. The molecule has 2 unspecified atom stereocenters. The van der Waals surface area contributed by atoms with Gasteiger partial charge in [0.25, 0.3) is 0 Å². The highest BCUT2D eigenvalue weighted by molar-refractivity contribution is 5.70. The van der Waals surface area contributed by atoms with E-state index in [9.17, 15) is 13.6 Å². The molecular formula is C14H17F2NO2. The van der Waals surface area contributed by atoms with Crippen LogP contribution in [0.2, 0.25) is 0 Å². The maximum atomic E-state index is 13.5. The summed E-state index contributed by atoms with van der Waals surface area (Å²) in [6.45, 7) is 3.39. The summed E-state index contributed by atoms with van der Waals surface area (Å²) < 4.78 is 26.6. The molecule has 0 amide bonds. The largest absolute Gasteiger partial charge is 0.481 e. The van der Waals surface area contributed by atoms with Gasteiger partial charge in [-0.2, -0.15) is 0 Å². The lowest BCUT2D eigenvalue weighted by Crippen LogP contribution is -2.41. The van der Waals surface area contributed by atoms with Gasteiger partial charge in [-0.05, 0) is 37.1 Å². The van der Waals surface area contributed by atoms with Gasteiger partial charge < -0.3 is 5.11 Å². The zero-order valence-corrected chi connectivity index (χ0v) is 10.8. The van der Waals surface area contributed by atoms with Gasteiger partial charge in [0.05, 0.1) is 5.92 Å². The Hall–Kier alpha value is -1.49. The van der Waals surface area contributed by atoms with Crippen molar-refractivity contribution >= 4 is 5.97 Å². The van der Waals surface area contributed by atoms with Gasteiger partial charge in [0, 0.05) is 18.7 Å². The summed E-state index contributed by atoms with van der Waals surface area (Å²) in [4.78, 5) is 13.0. The lowest BCUT2D eigenvalue weighted by atomic mass is 9.87. The fourth-order valence-electron chi connectivity index (χ4n) is 2.65. The lowest BCUT2D eigenvalue weighted by molar-refractivity contribution is -0.145. The van der Waals surface area contributed by atoms with Gasteiger partial charge in [-0.25, -0.2) is 8.78 Å². The molecule has 1 aliphatic rings. The third-order valence-corrected chi connectivity index (χ3v) is 3.71. The van der Waals surface area contributed by atoms with Crippen molar-refractivity contribution in [3.05, 3.63) is 35.4 Å². The Balaban J connectivity index is 2.02. The number of carboxylic acids is 1. The number of aliphatic carboxylic acids is 1. The predicted molar refractivity (Wildman–Crippen MR) is 66.5 cm³/mol. The van der Waals surface area contributed by atoms with Gasteiger partial charge in [-0.15, -0.1) is 0 Å². The number of nitrogens with zero attached hydrogens (tertiary/aromatic N) is 1. The maximum absolute atomic E-state index is 13.5. The first kappa shape index (κ1) is 13.9. The Labute approximate surface area is 110 Å². The second-order valence-corrected chi connectivity index (χ2v) is 5.18. The van der Waals surface area contributed by atoms with E-state index in [0.717, 1.165) is 12.1 Å². The van der Waals surface area contributed by atoms with Crippen molar-refractivity contribution in [3.63, 3.8) is 0 Å². The highest BCUT2D eigenvalue weighted by Gasteiger charge is 2.31. The number of benzene rings is 1. The van der Waals surface area contributed by atoms with Crippen LogP contribution < -0.4 is 0 Å². The van der Waals surface area contributed by atoms with E-state index in [1.54, 1.807) is 0 Å². The molecule has 0 bridgehead atoms. The quantitative estimate of drug-likeness (QED) is 0.916. The van der Waals surface area contributed by atoms with E-state index in [-0.39, 0.29) is 11.8 Å². The van der Waals surface area contributed by atoms with Crippen LogP contribution in [0.1, 0.15) is 18.9 Å². The molecule has 5 heteroatoms. The summed E-state index contributed by atoms with van der Waals surface area (Å²) in [5.74, 6) is -1.97. The number of carbonyl (C=O) groups is 1. The molecular weight excluding hydrogens is 252 g/mol. The molecule has 1 aliphatic heterocycles. The van der Waals surface area contributed by atoms with Gasteiger partial charge in [0.15, 0.2) is 0 Å². The summed E-state index contributed by atoms with van der Waals surface area (Å²) >= 11 is 0. The highest BCUT2D eigenvalue weighted by atomic mass is 19.1. The Morgan fingerprint density at radius 3 is 2.84 bits per heavy atom. The SMILES string of the molecule is CC1CN(Cc2cc(F)ccc2F)CCC1C(=O)O. The molecule has 1 N–H and O–H groups in total. The van der Waals surface area contributed by atoms with Gasteiger partial charge in [-0.1, -0.05) is 6.92 Å². The van der Waals surface area contributed by atoms with Gasteiger partial charge in [-0.3, -0.25) is 9.69 Å². The zero-order valence-electron chi connectivity index (χ0n) is 10.8. The standard InChI is InChI=1S/C14H17F2NO2/c1-9-7-17(5-4-12(9)14(18)19)8-10-6-11(15)2-3-13(10)16/h2-3,6,9,12H,4-5,7-8H2,1H3,(H,18,19). The summed E-state index contributed by atoms with van der Waals surface area (Å²) in [5, 5.41) is 9.04. The minimum absolute atomic E-state index is 0.0165. The molecule has 0 saturated carbocycles. The average molecular weight is 269 g/mol. The van der Waals surface area contributed by atoms with Crippen LogP contribution >= 0.6 is 0 Å². The summed E-state index contributed by atoms with van der Waals surface area (Å²) in [5.41, 5.74) is 0.320. The fourth-order valence-corrected chi connectivity index (χ4v) is 2.65. The normalized spacial score (nSPS) is 24.4. The Kier molecular flexibility index (Phi) is 4.14. The number of hydrogen-bond donors (Lipinski definition) is 1. The maximum Gasteiger partial charge on any atom is 0.306 e. The van der Waals surface area contributed by atoms with E-state index in [2.05, 4.69) is 0 Å². The van der Waals surface area contributed by atoms with Crippen molar-refractivity contribution < 1.29 is 18.7 Å². The van der Waals surface area contributed by atoms with Crippen molar-refractivity contribution in [2.24, 2.45) is 11.8 Å². The topological polar surface area (TPSA) is 40.5 Å². The third kappa shape index (κ3) is 3.29. The molecule has 1 aromatic carbocycles. The van der Waals surface area contributed by atoms with E-state index in [0.29, 0.717) is 31.6 Å². The van der Waals surface area contributed by atoms with Crippen molar-refractivity contribution in [1.29, 1.82) is 0 Å². The Morgan fingerprint density at radius 1 is 1.47 bits per heavy atom. The minimum atomic E-state index is -0.774. The van der Waals surface area contributed by atoms with Crippen molar-refractivity contribution in [3.8, 4) is 0 Å². The summed E-state index contributed by atoms with van der Waals surface area (Å²) in [6.07, 6.45) is 0.549.